The van der Waals surface area contributed by atoms with E-state index < -0.39 is 29.2 Å². The van der Waals surface area contributed by atoms with Crippen molar-refractivity contribution in [1.29, 1.82) is 0 Å². The Labute approximate surface area is 156 Å². The summed E-state index contributed by atoms with van der Waals surface area (Å²) in [4.78, 5) is 23.1. The van der Waals surface area contributed by atoms with E-state index in [4.69, 9.17) is 9.84 Å². The molecule has 138 valence electrons. The zero-order chi connectivity index (χ0) is 19.6. The molecule has 0 atom stereocenters. The molecular weight excluding hydrogens is 376 g/mol. The van der Waals surface area contributed by atoms with Gasteiger partial charge in [0.05, 0.1) is 12.7 Å². The quantitative estimate of drug-likeness (QED) is 0.666. The molecule has 1 heterocycles. The number of aromatic carboxylic acids is 1. The van der Waals surface area contributed by atoms with Gasteiger partial charge in [-0.1, -0.05) is 12.1 Å². The van der Waals surface area contributed by atoms with Crippen molar-refractivity contribution < 1.29 is 28.2 Å². The van der Waals surface area contributed by atoms with Crippen molar-refractivity contribution in [3.8, 4) is 16.9 Å². The SMILES string of the molecule is COc1cccc(-c2cc(F)c(NC(=O)c3ccsc3C(=O)O)c(F)c2)c1. The summed E-state index contributed by atoms with van der Waals surface area (Å²) in [6.45, 7) is 0. The molecule has 1 aromatic heterocycles. The maximum absolute atomic E-state index is 14.4. The van der Waals surface area contributed by atoms with Crippen LogP contribution in [0, 0.1) is 11.6 Å². The molecule has 0 aliphatic rings. The van der Waals surface area contributed by atoms with Crippen LogP contribution in [-0.2, 0) is 0 Å². The maximum atomic E-state index is 14.4. The highest BCUT2D eigenvalue weighted by Crippen LogP contribution is 2.30. The number of anilines is 1. The number of ether oxygens (including phenoxy) is 1. The van der Waals surface area contributed by atoms with Crippen molar-refractivity contribution in [2.45, 2.75) is 0 Å². The van der Waals surface area contributed by atoms with Gasteiger partial charge in [0.1, 0.15) is 27.9 Å². The molecule has 27 heavy (non-hydrogen) atoms. The van der Waals surface area contributed by atoms with E-state index in [1.165, 1.54) is 18.6 Å². The fourth-order valence-corrected chi connectivity index (χ4v) is 3.23. The molecule has 3 rings (SSSR count). The number of carbonyl (C=O) groups excluding carboxylic acids is 1. The summed E-state index contributed by atoms with van der Waals surface area (Å²) in [5.41, 5.74) is -0.00274. The second-order valence-corrected chi connectivity index (χ2v) is 6.39. The molecule has 0 spiro atoms. The average Bonchev–Trinajstić information content (AvgIpc) is 3.14. The van der Waals surface area contributed by atoms with Gasteiger partial charge in [-0.3, -0.25) is 4.79 Å². The Kier molecular flexibility index (Phi) is 5.18. The zero-order valence-electron chi connectivity index (χ0n) is 14.0. The van der Waals surface area contributed by atoms with Gasteiger partial charge in [-0.2, -0.15) is 0 Å². The first kappa shape index (κ1) is 18.5. The number of hydrogen-bond donors (Lipinski definition) is 2. The number of carboxylic acids is 1. The fourth-order valence-electron chi connectivity index (χ4n) is 2.50. The van der Waals surface area contributed by atoms with Gasteiger partial charge in [0.15, 0.2) is 0 Å². The van der Waals surface area contributed by atoms with Crippen molar-refractivity contribution in [3.05, 3.63) is 69.9 Å². The summed E-state index contributed by atoms with van der Waals surface area (Å²) in [6.07, 6.45) is 0. The van der Waals surface area contributed by atoms with Gasteiger partial charge in [-0.05, 0) is 46.8 Å². The third-order valence-electron chi connectivity index (χ3n) is 3.79. The fraction of sp³-hybridized carbons (Fsp3) is 0.0526. The third-order valence-corrected chi connectivity index (χ3v) is 4.69. The second kappa shape index (κ2) is 7.55. The van der Waals surface area contributed by atoms with Crippen molar-refractivity contribution >= 4 is 28.9 Å². The number of rotatable bonds is 5. The maximum Gasteiger partial charge on any atom is 0.346 e. The minimum atomic E-state index is -1.29. The van der Waals surface area contributed by atoms with Crippen LogP contribution in [0.3, 0.4) is 0 Å². The first-order chi connectivity index (χ1) is 12.9. The summed E-state index contributed by atoms with van der Waals surface area (Å²) in [7, 11) is 1.48. The van der Waals surface area contributed by atoms with Crippen molar-refractivity contribution in [1.82, 2.24) is 0 Å². The topological polar surface area (TPSA) is 75.6 Å². The normalized spacial score (nSPS) is 10.5. The van der Waals surface area contributed by atoms with E-state index >= 15 is 0 Å². The molecule has 0 fully saturated rings. The number of methoxy groups -OCH3 is 1. The van der Waals surface area contributed by atoms with Crippen LogP contribution in [0.25, 0.3) is 11.1 Å². The standard InChI is InChI=1S/C19H13F2NO4S/c1-26-12-4-2-3-10(7-12)11-8-14(20)16(15(21)9-11)22-18(23)13-5-6-27-17(13)19(24)25/h2-9H,1H3,(H,22,23)(H,24,25). The molecule has 0 radical (unpaired) electrons. The van der Waals surface area contributed by atoms with E-state index in [9.17, 15) is 18.4 Å². The predicted octanol–water partition coefficient (Wildman–Crippen LogP) is 4.65. The summed E-state index contributed by atoms with van der Waals surface area (Å²) in [5.74, 6) is -3.61. The van der Waals surface area contributed by atoms with E-state index in [1.807, 2.05) is 0 Å². The molecule has 0 aliphatic carbocycles. The smallest absolute Gasteiger partial charge is 0.346 e. The molecule has 1 amide bonds. The van der Waals surface area contributed by atoms with E-state index in [1.54, 1.807) is 24.3 Å². The first-order valence-corrected chi connectivity index (χ1v) is 8.54. The number of benzene rings is 2. The van der Waals surface area contributed by atoms with Gasteiger partial charge in [-0.25, -0.2) is 13.6 Å². The number of carboxylic acid groups (broad SMARTS) is 1. The number of carbonyl (C=O) groups is 2. The lowest BCUT2D eigenvalue weighted by atomic mass is 10.0. The van der Waals surface area contributed by atoms with Crippen LogP contribution in [0.5, 0.6) is 5.75 Å². The van der Waals surface area contributed by atoms with E-state index in [2.05, 4.69) is 5.32 Å². The van der Waals surface area contributed by atoms with Gasteiger partial charge < -0.3 is 15.2 Å². The first-order valence-electron chi connectivity index (χ1n) is 7.66. The lowest BCUT2D eigenvalue weighted by molar-refractivity contribution is 0.0698. The van der Waals surface area contributed by atoms with E-state index in [0.29, 0.717) is 11.3 Å². The number of nitrogens with one attached hydrogen (secondary N) is 1. The highest BCUT2D eigenvalue weighted by molar-refractivity contribution is 7.12. The van der Waals surface area contributed by atoms with Gasteiger partial charge in [-0.15, -0.1) is 11.3 Å². The Morgan fingerprint density at radius 3 is 2.41 bits per heavy atom. The van der Waals surface area contributed by atoms with Gasteiger partial charge >= 0.3 is 5.97 Å². The van der Waals surface area contributed by atoms with Crippen LogP contribution in [0.4, 0.5) is 14.5 Å². The Morgan fingerprint density at radius 1 is 1.07 bits per heavy atom. The van der Waals surface area contributed by atoms with Crippen LogP contribution in [-0.4, -0.2) is 24.1 Å². The van der Waals surface area contributed by atoms with E-state index in [0.717, 1.165) is 23.5 Å². The number of amides is 1. The Morgan fingerprint density at radius 2 is 1.78 bits per heavy atom. The van der Waals surface area contributed by atoms with Gasteiger partial charge in [0.25, 0.3) is 5.91 Å². The molecule has 0 aliphatic heterocycles. The average molecular weight is 389 g/mol. The van der Waals surface area contributed by atoms with Crippen LogP contribution in [0.2, 0.25) is 0 Å². The highest BCUT2D eigenvalue weighted by atomic mass is 32.1. The highest BCUT2D eigenvalue weighted by Gasteiger charge is 2.21. The summed E-state index contributed by atoms with van der Waals surface area (Å²) in [5, 5.41) is 12.6. The molecule has 3 aromatic rings. The van der Waals surface area contributed by atoms with E-state index in [-0.39, 0.29) is 16.0 Å². The predicted molar refractivity (Wildman–Crippen MR) is 97.6 cm³/mol. The molecule has 0 saturated heterocycles. The molecule has 0 unspecified atom stereocenters. The lowest BCUT2D eigenvalue weighted by Gasteiger charge is -2.11. The Hall–Kier alpha value is -3.26. The van der Waals surface area contributed by atoms with Crippen LogP contribution in [0.15, 0.2) is 47.8 Å². The van der Waals surface area contributed by atoms with Gasteiger partial charge in [0, 0.05) is 0 Å². The summed E-state index contributed by atoms with van der Waals surface area (Å²) >= 11 is 0.848. The molecule has 2 N–H and O–H groups in total. The minimum Gasteiger partial charge on any atom is -0.497 e. The molecule has 0 bridgehead atoms. The molecule has 2 aromatic carbocycles. The van der Waals surface area contributed by atoms with Crippen LogP contribution in [0.1, 0.15) is 20.0 Å². The zero-order valence-corrected chi connectivity index (χ0v) is 14.8. The molecular formula is C19H13F2NO4S. The largest absolute Gasteiger partial charge is 0.497 e. The Balaban J connectivity index is 1.92. The second-order valence-electron chi connectivity index (χ2n) is 5.47. The van der Waals surface area contributed by atoms with Crippen LogP contribution >= 0.6 is 11.3 Å². The third kappa shape index (κ3) is 3.80. The van der Waals surface area contributed by atoms with Crippen LogP contribution < -0.4 is 10.1 Å². The number of hydrogen-bond acceptors (Lipinski definition) is 4. The van der Waals surface area contributed by atoms with Crippen molar-refractivity contribution in [3.63, 3.8) is 0 Å². The van der Waals surface area contributed by atoms with Crippen molar-refractivity contribution in [2.24, 2.45) is 0 Å². The number of thiophene rings is 1. The monoisotopic (exact) mass is 389 g/mol. The minimum absolute atomic E-state index is 0.164. The molecule has 8 heteroatoms. The Bertz CT molecular complexity index is 1010. The molecule has 5 nitrogen and oxygen atoms in total. The number of halogens is 2. The summed E-state index contributed by atoms with van der Waals surface area (Å²) in [6, 6.07) is 10.1. The lowest BCUT2D eigenvalue weighted by Crippen LogP contribution is -2.16. The van der Waals surface area contributed by atoms with Crippen molar-refractivity contribution in [2.75, 3.05) is 12.4 Å². The molecule has 0 saturated carbocycles. The summed E-state index contributed by atoms with van der Waals surface area (Å²) < 4.78 is 34.0. The van der Waals surface area contributed by atoms with Gasteiger partial charge in [0.2, 0.25) is 0 Å².